The molecule has 0 spiro atoms. The van der Waals surface area contributed by atoms with E-state index in [4.69, 9.17) is 0 Å². The number of rotatable bonds is 5. The Morgan fingerprint density at radius 3 is 2.20 bits per heavy atom. The molecule has 2 atom stereocenters. The fourth-order valence-electron chi connectivity index (χ4n) is 3.26. The highest BCUT2D eigenvalue weighted by molar-refractivity contribution is 6.13. The van der Waals surface area contributed by atoms with Crippen LogP contribution in [0.3, 0.4) is 0 Å². The van der Waals surface area contributed by atoms with Crippen LogP contribution in [0.1, 0.15) is 26.3 Å². The molecule has 2 aromatic carbocycles. The summed E-state index contributed by atoms with van der Waals surface area (Å²) in [5, 5.41) is 9.44. The Hall–Kier alpha value is -3.27. The lowest BCUT2D eigenvalue weighted by atomic mass is 9.64. The van der Waals surface area contributed by atoms with Gasteiger partial charge in [-0.1, -0.05) is 72.8 Å². The van der Waals surface area contributed by atoms with E-state index in [0.29, 0.717) is 5.56 Å². The van der Waals surface area contributed by atoms with Gasteiger partial charge in [-0.05, 0) is 11.6 Å². The summed E-state index contributed by atoms with van der Waals surface area (Å²) in [6, 6.07) is 15.0. The first-order valence-corrected chi connectivity index (χ1v) is 7.85. The number of carbonyl (C=O) groups excluding carboxylic acids is 2. The highest BCUT2D eigenvalue weighted by Gasteiger charge is 2.46. The minimum atomic E-state index is -1.26. The SMILES string of the molecule is O=CC1C=CC=CC1(C(=O)c1ccccc1C(=O)O)c1ccccc1. The van der Waals surface area contributed by atoms with Crippen LogP contribution >= 0.6 is 0 Å². The molecule has 0 bridgehead atoms. The third kappa shape index (κ3) is 2.72. The van der Waals surface area contributed by atoms with Crippen molar-refractivity contribution in [3.05, 3.63) is 95.6 Å². The third-order valence-corrected chi connectivity index (χ3v) is 4.49. The molecule has 0 fully saturated rings. The van der Waals surface area contributed by atoms with E-state index in [1.807, 2.05) is 6.07 Å². The number of aromatic carboxylic acids is 1. The van der Waals surface area contributed by atoms with Crippen molar-refractivity contribution in [2.24, 2.45) is 5.92 Å². The van der Waals surface area contributed by atoms with Crippen LogP contribution in [0.4, 0.5) is 0 Å². The van der Waals surface area contributed by atoms with Crippen LogP contribution in [-0.2, 0) is 10.2 Å². The van der Waals surface area contributed by atoms with Crippen molar-refractivity contribution in [3.63, 3.8) is 0 Å². The molecule has 1 aliphatic carbocycles. The molecule has 4 heteroatoms. The van der Waals surface area contributed by atoms with Crippen LogP contribution in [0, 0.1) is 5.92 Å². The number of carbonyl (C=O) groups is 3. The Kier molecular flexibility index (Phi) is 4.44. The lowest BCUT2D eigenvalue weighted by Crippen LogP contribution is -2.43. The van der Waals surface area contributed by atoms with Crippen LogP contribution in [0.5, 0.6) is 0 Å². The summed E-state index contributed by atoms with van der Waals surface area (Å²) in [4.78, 5) is 36.8. The summed E-state index contributed by atoms with van der Waals surface area (Å²) >= 11 is 0. The molecule has 25 heavy (non-hydrogen) atoms. The van der Waals surface area contributed by atoms with Gasteiger partial charge in [0.2, 0.25) is 0 Å². The van der Waals surface area contributed by atoms with Crippen LogP contribution in [0.2, 0.25) is 0 Å². The quantitative estimate of drug-likeness (QED) is 0.672. The Balaban J connectivity index is 2.25. The number of Topliss-reactive ketones (excluding diaryl/α,β-unsaturated/α-hetero) is 1. The van der Waals surface area contributed by atoms with Gasteiger partial charge in [-0.25, -0.2) is 4.79 Å². The summed E-state index contributed by atoms with van der Waals surface area (Å²) < 4.78 is 0. The van der Waals surface area contributed by atoms with Gasteiger partial charge in [0.15, 0.2) is 5.78 Å². The van der Waals surface area contributed by atoms with Crippen molar-refractivity contribution in [2.45, 2.75) is 5.41 Å². The number of benzene rings is 2. The lowest BCUT2D eigenvalue weighted by Gasteiger charge is -2.35. The molecule has 0 aliphatic heterocycles. The van der Waals surface area contributed by atoms with Gasteiger partial charge in [-0.2, -0.15) is 0 Å². The lowest BCUT2D eigenvalue weighted by molar-refractivity contribution is -0.110. The van der Waals surface area contributed by atoms with Crippen molar-refractivity contribution in [2.75, 3.05) is 0 Å². The number of aldehydes is 1. The maximum absolute atomic E-state index is 13.5. The number of hydrogen-bond donors (Lipinski definition) is 1. The molecule has 0 saturated heterocycles. The molecule has 2 aromatic rings. The van der Waals surface area contributed by atoms with Gasteiger partial charge in [0.05, 0.1) is 16.9 Å². The normalized spacial score (nSPS) is 21.7. The largest absolute Gasteiger partial charge is 0.478 e. The molecule has 0 saturated carbocycles. The molecule has 4 nitrogen and oxygen atoms in total. The van der Waals surface area contributed by atoms with Crippen LogP contribution in [0.15, 0.2) is 78.9 Å². The standard InChI is InChI=1S/C21H16O4/c22-14-16-10-6-7-13-21(16,15-8-2-1-3-9-15)19(23)17-11-4-5-12-18(17)20(24)25/h1-14,16H,(H,24,25). The zero-order valence-electron chi connectivity index (χ0n) is 13.3. The molecule has 0 aromatic heterocycles. The van der Waals surface area contributed by atoms with Crippen LogP contribution in [-0.4, -0.2) is 23.1 Å². The van der Waals surface area contributed by atoms with E-state index >= 15 is 0 Å². The van der Waals surface area contributed by atoms with E-state index in [9.17, 15) is 19.5 Å². The Labute approximate surface area is 145 Å². The van der Waals surface area contributed by atoms with E-state index in [2.05, 4.69) is 0 Å². The summed E-state index contributed by atoms with van der Waals surface area (Å²) in [7, 11) is 0. The summed E-state index contributed by atoms with van der Waals surface area (Å²) in [6.45, 7) is 0. The summed E-state index contributed by atoms with van der Waals surface area (Å²) in [6.07, 6.45) is 7.52. The maximum Gasteiger partial charge on any atom is 0.336 e. The van der Waals surface area contributed by atoms with E-state index in [1.165, 1.54) is 12.1 Å². The molecular formula is C21H16O4. The van der Waals surface area contributed by atoms with Gasteiger partial charge in [-0.15, -0.1) is 0 Å². The van der Waals surface area contributed by atoms with Crippen molar-refractivity contribution in [1.82, 2.24) is 0 Å². The number of hydrogen-bond acceptors (Lipinski definition) is 3. The first-order valence-electron chi connectivity index (χ1n) is 7.85. The van der Waals surface area contributed by atoms with E-state index in [0.717, 1.165) is 6.29 Å². The molecule has 2 unspecified atom stereocenters. The first kappa shape index (κ1) is 16.6. The van der Waals surface area contributed by atoms with Gasteiger partial charge in [0, 0.05) is 5.56 Å². The van der Waals surface area contributed by atoms with Gasteiger partial charge in [-0.3, -0.25) is 4.79 Å². The highest BCUT2D eigenvalue weighted by atomic mass is 16.4. The number of allylic oxidation sites excluding steroid dienone is 4. The average molecular weight is 332 g/mol. The summed E-state index contributed by atoms with van der Waals surface area (Å²) in [5.74, 6) is -2.30. The van der Waals surface area contributed by atoms with Gasteiger partial charge < -0.3 is 9.90 Å². The maximum atomic E-state index is 13.5. The van der Waals surface area contributed by atoms with Crippen LogP contribution in [0.25, 0.3) is 0 Å². The zero-order valence-corrected chi connectivity index (χ0v) is 13.3. The highest BCUT2D eigenvalue weighted by Crippen LogP contribution is 2.40. The molecule has 0 amide bonds. The van der Waals surface area contributed by atoms with Gasteiger partial charge in [0.25, 0.3) is 0 Å². The van der Waals surface area contributed by atoms with Crippen molar-refractivity contribution < 1.29 is 19.5 Å². The van der Waals surface area contributed by atoms with E-state index < -0.39 is 23.1 Å². The fraction of sp³-hybridized carbons (Fsp3) is 0.0952. The number of ketones is 1. The first-order chi connectivity index (χ1) is 12.1. The Bertz CT molecular complexity index is 880. The Morgan fingerprint density at radius 1 is 0.920 bits per heavy atom. The molecule has 0 radical (unpaired) electrons. The molecule has 3 rings (SSSR count). The molecular weight excluding hydrogens is 316 g/mol. The van der Waals surface area contributed by atoms with E-state index in [-0.39, 0.29) is 11.1 Å². The molecule has 124 valence electrons. The molecule has 0 heterocycles. The predicted molar refractivity (Wildman–Crippen MR) is 93.7 cm³/mol. The average Bonchev–Trinajstić information content (AvgIpc) is 2.67. The molecule has 1 aliphatic rings. The number of carboxylic acids is 1. The zero-order chi connectivity index (χ0) is 17.9. The minimum absolute atomic E-state index is 0.0737. The monoisotopic (exact) mass is 332 g/mol. The van der Waals surface area contributed by atoms with Crippen molar-refractivity contribution in [3.8, 4) is 0 Å². The van der Waals surface area contributed by atoms with E-state index in [1.54, 1.807) is 60.7 Å². The smallest absolute Gasteiger partial charge is 0.336 e. The second kappa shape index (κ2) is 6.69. The third-order valence-electron chi connectivity index (χ3n) is 4.49. The second-order valence-corrected chi connectivity index (χ2v) is 5.82. The summed E-state index contributed by atoms with van der Waals surface area (Å²) in [5.41, 5.74) is -0.595. The number of carboxylic acid groups (broad SMARTS) is 1. The minimum Gasteiger partial charge on any atom is -0.478 e. The van der Waals surface area contributed by atoms with Crippen molar-refractivity contribution >= 4 is 18.0 Å². The van der Waals surface area contributed by atoms with Crippen molar-refractivity contribution in [1.29, 1.82) is 0 Å². The van der Waals surface area contributed by atoms with Gasteiger partial charge in [0.1, 0.15) is 6.29 Å². The Morgan fingerprint density at radius 2 is 1.56 bits per heavy atom. The predicted octanol–water partition coefficient (Wildman–Crippen LogP) is 3.45. The topological polar surface area (TPSA) is 71.4 Å². The second-order valence-electron chi connectivity index (χ2n) is 5.82. The fourth-order valence-corrected chi connectivity index (χ4v) is 3.26. The van der Waals surface area contributed by atoms with Gasteiger partial charge >= 0.3 is 5.97 Å². The van der Waals surface area contributed by atoms with Crippen LogP contribution < -0.4 is 0 Å². The molecule has 1 N–H and O–H groups in total.